The molecule has 35 heavy (non-hydrogen) atoms. The van der Waals surface area contributed by atoms with Gasteiger partial charge in [-0.1, -0.05) is 25.1 Å². The number of nitrogens with zero attached hydrogens (tertiary/aromatic N) is 4. The highest BCUT2D eigenvalue weighted by Crippen LogP contribution is 2.27. The van der Waals surface area contributed by atoms with E-state index in [9.17, 15) is 14.0 Å². The van der Waals surface area contributed by atoms with Gasteiger partial charge in [0.25, 0.3) is 5.91 Å². The van der Waals surface area contributed by atoms with Gasteiger partial charge in [0.05, 0.1) is 22.5 Å². The lowest BCUT2D eigenvalue weighted by molar-refractivity contribution is 0.0576. The van der Waals surface area contributed by atoms with Gasteiger partial charge in [0.15, 0.2) is 0 Å². The molecule has 0 saturated carbocycles. The number of carbonyl (C=O) groups is 2. The molecule has 10 heteroatoms. The van der Waals surface area contributed by atoms with Crippen LogP contribution in [0.3, 0.4) is 0 Å². The molecule has 2 N–H and O–H groups in total. The quantitative estimate of drug-likeness (QED) is 0.422. The van der Waals surface area contributed by atoms with Crippen molar-refractivity contribution in [1.29, 1.82) is 0 Å². The monoisotopic (exact) mass is 490 g/mol. The maximum Gasteiger partial charge on any atom is 0.319 e. The summed E-state index contributed by atoms with van der Waals surface area (Å²) in [5.74, 6) is -0.132. The molecule has 4 aromatic rings. The zero-order valence-corrected chi connectivity index (χ0v) is 19.8. The molecule has 1 saturated heterocycles. The van der Waals surface area contributed by atoms with Gasteiger partial charge in [-0.05, 0) is 41.1 Å². The fourth-order valence-corrected chi connectivity index (χ4v) is 4.81. The number of carbonyl (C=O) groups excluding carboxylic acids is 2. The Morgan fingerprint density at radius 2 is 1.97 bits per heavy atom. The van der Waals surface area contributed by atoms with E-state index in [4.69, 9.17) is 0 Å². The SMILES string of the molecule is C[C@H](Cc1nc(C(=O)N2CC(NC(=O)Nc3ccccc3)C2)c2sccc2n1)c1cncc(F)c1. The lowest BCUT2D eigenvalue weighted by Gasteiger charge is -2.39. The molecule has 4 heterocycles. The Kier molecular flexibility index (Phi) is 6.37. The van der Waals surface area contributed by atoms with Gasteiger partial charge in [-0.15, -0.1) is 11.3 Å². The minimum Gasteiger partial charge on any atom is -0.333 e. The van der Waals surface area contributed by atoms with Gasteiger partial charge in [0, 0.05) is 31.4 Å². The number of benzene rings is 1. The summed E-state index contributed by atoms with van der Waals surface area (Å²) >= 11 is 1.42. The van der Waals surface area contributed by atoms with Crippen LogP contribution in [0.2, 0.25) is 0 Å². The average Bonchev–Trinajstić information content (AvgIpc) is 3.29. The minimum atomic E-state index is -0.391. The summed E-state index contributed by atoms with van der Waals surface area (Å²) in [5, 5.41) is 7.55. The minimum absolute atomic E-state index is 0.0713. The van der Waals surface area contributed by atoms with E-state index in [0.717, 1.165) is 10.3 Å². The van der Waals surface area contributed by atoms with Crippen molar-refractivity contribution in [2.75, 3.05) is 18.4 Å². The summed E-state index contributed by atoms with van der Waals surface area (Å²) in [7, 11) is 0. The highest BCUT2D eigenvalue weighted by atomic mass is 32.1. The van der Waals surface area contributed by atoms with Crippen molar-refractivity contribution in [3.05, 3.63) is 83.1 Å². The number of likely N-dealkylation sites (tertiary alicyclic amines) is 1. The average molecular weight is 491 g/mol. The number of fused-ring (bicyclic) bond motifs is 1. The second-order valence-electron chi connectivity index (χ2n) is 8.54. The predicted molar refractivity (Wildman–Crippen MR) is 132 cm³/mol. The summed E-state index contributed by atoms with van der Waals surface area (Å²) in [6, 6.07) is 12.1. The summed E-state index contributed by atoms with van der Waals surface area (Å²) in [6.07, 6.45) is 3.24. The van der Waals surface area contributed by atoms with Crippen LogP contribution in [-0.2, 0) is 6.42 Å². The number of thiophene rings is 1. The van der Waals surface area contributed by atoms with E-state index in [2.05, 4.69) is 25.6 Å². The van der Waals surface area contributed by atoms with Crippen LogP contribution < -0.4 is 10.6 Å². The van der Waals surface area contributed by atoms with Crippen LogP contribution in [-0.4, -0.2) is 50.9 Å². The molecule has 1 atom stereocenters. The van der Waals surface area contributed by atoms with Crippen LogP contribution >= 0.6 is 11.3 Å². The fraction of sp³-hybridized carbons (Fsp3) is 0.240. The number of rotatable bonds is 6. The molecule has 5 rings (SSSR count). The smallest absolute Gasteiger partial charge is 0.319 e. The topological polar surface area (TPSA) is 100 Å². The predicted octanol–water partition coefficient (Wildman–Crippen LogP) is 4.22. The van der Waals surface area contributed by atoms with Gasteiger partial charge in [-0.3, -0.25) is 9.78 Å². The van der Waals surface area contributed by atoms with Crippen LogP contribution in [0.25, 0.3) is 10.2 Å². The first-order valence-electron chi connectivity index (χ1n) is 11.2. The van der Waals surface area contributed by atoms with Crippen molar-refractivity contribution < 1.29 is 14.0 Å². The van der Waals surface area contributed by atoms with E-state index in [1.54, 1.807) is 23.2 Å². The third-order valence-corrected chi connectivity index (χ3v) is 6.78. The first-order chi connectivity index (χ1) is 17.0. The molecule has 178 valence electrons. The van der Waals surface area contributed by atoms with Gasteiger partial charge < -0.3 is 15.5 Å². The standard InChI is InChI=1S/C25H23FN6O2S/c1-15(16-10-17(26)12-27-11-16)9-21-30-20-7-8-35-23(20)22(31-21)24(33)32-13-19(14-32)29-25(34)28-18-5-3-2-4-6-18/h2-8,10-12,15,19H,9,13-14H2,1H3,(H2,28,29,34)/t15-/m1/s1. The highest BCUT2D eigenvalue weighted by molar-refractivity contribution is 7.17. The molecule has 3 amide bonds. The number of pyridine rings is 1. The van der Waals surface area contributed by atoms with E-state index < -0.39 is 5.82 Å². The lowest BCUT2D eigenvalue weighted by Crippen LogP contribution is -2.61. The number of para-hydroxylation sites is 1. The number of amides is 3. The van der Waals surface area contributed by atoms with Crippen molar-refractivity contribution in [2.45, 2.75) is 25.3 Å². The van der Waals surface area contributed by atoms with Crippen molar-refractivity contribution >= 4 is 39.2 Å². The molecule has 1 aliphatic rings. The van der Waals surface area contributed by atoms with E-state index in [0.29, 0.717) is 42.2 Å². The number of anilines is 1. The van der Waals surface area contributed by atoms with Gasteiger partial charge in [-0.2, -0.15) is 0 Å². The number of aromatic nitrogens is 3. The first kappa shape index (κ1) is 22.9. The number of hydrogen-bond acceptors (Lipinski definition) is 6. The van der Waals surface area contributed by atoms with Crippen molar-refractivity contribution in [3.63, 3.8) is 0 Å². The van der Waals surface area contributed by atoms with Gasteiger partial charge >= 0.3 is 6.03 Å². The van der Waals surface area contributed by atoms with E-state index in [1.165, 1.54) is 23.6 Å². The summed E-state index contributed by atoms with van der Waals surface area (Å²) in [4.78, 5) is 40.3. The molecule has 1 fully saturated rings. The molecule has 0 radical (unpaired) electrons. The van der Waals surface area contributed by atoms with Crippen LogP contribution in [0, 0.1) is 5.82 Å². The zero-order valence-electron chi connectivity index (χ0n) is 18.9. The first-order valence-corrected chi connectivity index (χ1v) is 12.1. The molecule has 0 aliphatic carbocycles. The van der Waals surface area contributed by atoms with Crippen LogP contribution in [0.15, 0.2) is 60.2 Å². The normalized spacial score (nSPS) is 14.4. The van der Waals surface area contributed by atoms with Crippen molar-refractivity contribution in [1.82, 2.24) is 25.2 Å². The Balaban J connectivity index is 1.25. The van der Waals surface area contributed by atoms with E-state index in [-0.39, 0.29) is 23.9 Å². The third-order valence-electron chi connectivity index (χ3n) is 5.87. The molecule has 0 bridgehead atoms. The number of hydrogen-bond donors (Lipinski definition) is 2. The summed E-state index contributed by atoms with van der Waals surface area (Å²) in [6.45, 7) is 2.75. The molecular formula is C25H23FN6O2S. The second-order valence-corrected chi connectivity index (χ2v) is 9.45. The van der Waals surface area contributed by atoms with Gasteiger partial charge in [0.1, 0.15) is 17.3 Å². The molecule has 3 aromatic heterocycles. The molecule has 0 unspecified atom stereocenters. The Labute approximate surface area is 205 Å². The number of urea groups is 1. The lowest BCUT2D eigenvalue weighted by atomic mass is 9.99. The van der Waals surface area contributed by atoms with E-state index >= 15 is 0 Å². The Bertz CT molecular complexity index is 1370. The molecule has 0 spiro atoms. The van der Waals surface area contributed by atoms with Crippen LogP contribution in [0.1, 0.15) is 34.7 Å². The van der Waals surface area contributed by atoms with Crippen LogP contribution in [0.5, 0.6) is 0 Å². The Morgan fingerprint density at radius 3 is 2.74 bits per heavy atom. The molecule has 1 aromatic carbocycles. The number of halogens is 1. The van der Waals surface area contributed by atoms with Crippen molar-refractivity contribution in [2.24, 2.45) is 0 Å². The second kappa shape index (κ2) is 9.75. The highest BCUT2D eigenvalue weighted by Gasteiger charge is 2.34. The van der Waals surface area contributed by atoms with Crippen molar-refractivity contribution in [3.8, 4) is 0 Å². The Hall–Kier alpha value is -3.92. The maximum absolute atomic E-state index is 13.6. The summed E-state index contributed by atoms with van der Waals surface area (Å²) in [5.41, 5.74) is 2.52. The third kappa shape index (κ3) is 5.12. The fourth-order valence-electron chi connectivity index (χ4n) is 4.00. The van der Waals surface area contributed by atoms with Gasteiger partial charge in [-0.25, -0.2) is 19.2 Å². The molecule has 8 nitrogen and oxygen atoms in total. The van der Waals surface area contributed by atoms with Crippen LogP contribution in [0.4, 0.5) is 14.9 Å². The summed E-state index contributed by atoms with van der Waals surface area (Å²) < 4.78 is 14.3. The zero-order chi connectivity index (χ0) is 24.4. The van der Waals surface area contributed by atoms with E-state index in [1.807, 2.05) is 36.6 Å². The molecule has 1 aliphatic heterocycles. The van der Waals surface area contributed by atoms with Gasteiger partial charge in [0.2, 0.25) is 0 Å². The maximum atomic E-state index is 13.6. The number of nitrogens with one attached hydrogen (secondary N) is 2. The molecular weight excluding hydrogens is 467 g/mol. The Morgan fingerprint density at radius 1 is 1.17 bits per heavy atom. The largest absolute Gasteiger partial charge is 0.333 e.